The highest BCUT2D eigenvalue weighted by molar-refractivity contribution is 6.35. The van der Waals surface area contributed by atoms with Crippen molar-refractivity contribution in [3.05, 3.63) is 217 Å². The van der Waals surface area contributed by atoms with E-state index in [0.29, 0.717) is 67.8 Å². The first-order chi connectivity index (χ1) is 65.5. The van der Waals surface area contributed by atoms with Gasteiger partial charge in [0.1, 0.15) is 65.6 Å². The normalized spacial score (nSPS) is 11.8. The molecule has 0 spiro atoms. The predicted molar refractivity (Wildman–Crippen MR) is 551 cm³/mol. The molecule has 1 heterocycles. The van der Waals surface area contributed by atoms with Crippen molar-refractivity contribution in [1.82, 2.24) is 41.8 Å². The molecule has 28 nitrogen and oxygen atoms in total. The van der Waals surface area contributed by atoms with Gasteiger partial charge in [0.2, 0.25) is 11.8 Å². The highest BCUT2D eigenvalue weighted by Gasteiger charge is 2.33. The van der Waals surface area contributed by atoms with E-state index in [0.717, 1.165) is 118 Å². The van der Waals surface area contributed by atoms with Crippen molar-refractivity contribution in [2.24, 2.45) is 0 Å². The average Bonchev–Trinajstić information content (AvgIpc) is 1.03. The number of Topliss-reactive ketones (excluding diaryl/α,β-unsaturated/α-hetero) is 4. The first kappa shape index (κ1) is 119. The quantitative estimate of drug-likeness (QED) is 0.00734. The fourth-order valence-electron chi connectivity index (χ4n) is 15.3. The summed E-state index contributed by atoms with van der Waals surface area (Å²) in [5.74, 6) is -2.50. The molecule has 0 radical (unpaired) electrons. The Morgan fingerprint density at radius 1 is 0.312 bits per heavy atom. The Hall–Kier alpha value is -12.8. The summed E-state index contributed by atoms with van der Waals surface area (Å²) < 4.78 is 10.5. The molecule has 7 aromatic carbocycles. The van der Waals surface area contributed by atoms with Crippen molar-refractivity contribution in [2.45, 2.75) is 331 Å². The minimum absolute atomic E-state index is 0.00519. The fraction of sp³-hybridized carbons (Fsp3) is 0.513. The number of phenolic OH excluding ortho intramolecular Hbond substituents is 7. The number of hydrogen-bond donors (Lipinski definition) is 13. The third-order valence-corrected chi connectivity index (χ3v) is 23.6. The molecule has 0 aliphatic heterocycles. The van der Waals surface area contributed by atoms with Crippen LogP contribution in [0.2, 0.25) is 0 Å². The zero-order valence-corrected chi connectivity index (χ0v) is 87.8. The lowest BCUT2D eigenvalue weighted by molar-refractivity contribution is -0.145. The molecule has 0 unspecified atom stereocenters. The Kier molecular flexibility index (Phi) is 45.3. The van der Waals surface area contributed by atoms with E-state index in [2.05, 4.69) is 125 Å². The van der Waals surface area contributed by atoms with E-state index in [1.807, 2.05) is 132 Å². The molecule has 0 atom stereocenters. The molecule has 0 fully saturated rings. The second-order valence-electron chi connectivity index (χ2n) is 44.3. The second kappa shape index (κ2) is 53.8. The second-order valence-corrected chi connectivity index (χ2v) is 44.3. The van der Waals surface area contributed by atoms with Crippen LogP contribution >= 0.6 is 0 Å². The van der Waals surface area contributed by atoms with Crippen molar-refractivity contribution in [1.29, 1.82) is 0 Å². The number of nitrogens with one attached hydrogen (secondary N) is 6. The number of nitrogens with zero attached hydrogens (tertiary/aromatic N) is 2. The molecule has 1 aromatic heterocycles. The van der Waals surface area contributed by atoms with Gasteiger partial charge >= 0.3 is 23.8 Å². The average molecular weight is 1950 g/mol. The van der Waals surface area contributed by atoms with Gasteiger partial charge in [-0.05, 0) is 185 Å². The Labute approximate surface area is 834 Å². The molecule has 0 bridgehead atoms. The number of unbranched alkanes of at least 4 members (excludes halogenated alkanes) is 7. The third kappa shape index (κ3) is 40.8. The number of aromatic hydroxyl groups is 7. The van der Waals surface area contributed by atoms with Gasteiger partial charge < -0.3 is 71.8 Å². The van der Waals surface area contributed by atoms with E-state index in [4.69, 9.17) is 9.47 Å². The van der Waals surface area contributed by atoms with E-state index < -0.39 is 29.7 Å². The van der Waals surface area contributed by atoms with Crippen molar-refractivity contribution in [3.8, 4) is 40.2 Å². The largest absolute Gasteiger partial charge is 0.507 e. The lowest BCUT2D eigenvalue weighted by atomic mass is 9.78. The van der Waals surface area contributed by atoms with Gasteiger partial charge in [0.05, 0.1) is 55.8 Å². The van der Waals surface area contributed by atoms with Gasteiger partial charge in [-0.2, -0.15) is 5.10 Å². The number of carbonyl (C=O) groups is 11. The molecule has 770 valence electrons. The van der Waals surface area contributed by atoms with Gasteiger partial charge in [-0.3, -0.25) is 57.8 Å². The number of phenols is 7. The van der Waals surface area contributed by atoms with Crippen molar-refractivity contribution in [2.75, 3.05) is 45.9 Å². The number of hydrogen-bond acceptors (Lipinski definition) is 22. The van der Waals surface area contributed by atoms with Crippen LogP contribution in [0.5, 0.6) is 40.2 Å². The van der Waals surface area contributed by atoms with Crippen LogP contribution in [0.15, 0.2) is 128 Å². The zero-order valence-electron chi connectivity index (χ0n) is 87.8. The molecule has 0 aliphatic carbocycles. The van der Waals surface area contributed by atoms with Gasteiger partial charge in [-0.25, -0.2) is 4.98 Å². The summed E-state index contributed by atoms with van der Waals surface area (Å²) in [4.78, 5) is 138. The molecule has 0 saturated carbocycles. The maximum Gasteiger partial charge on any atom is 0.309 e. The number of rotatable bonds is 40. The minimum Gasteiger partial charge on any atom is -0.507 e. The number of amides is 5. The summed E-state index contributed by atoms with van der Waals surface area (Å²) in [5, 5.41) is 91.5. The van der Waals surface area contributed by atoms with E-state index in [1.165, 1.54) is 36.7 Å². The first-order valence-corrected chi connectivity index (χ1v) is 48.9. The van der Waals surface area contributed by atoms with E-state index >= 15 is 0 Å². The predicted octanol–water partition coefficient (Wildman–Crippen LogP) is 18.9. The number of benzene rings is 7. The minimum atomic E-state index is -0.891. The van der Waals surface area contributed by atoms with E-state index in [-0.39, 0.29) is 190 Å². The molecule has 8 rings (SSSR count). The number of para-hydroxylation sites is 3. The highest BCUT2D eigenvalue weighted by atomic mass is 16.5. The third-order valence-electron chi connectivity index (χ3n) is 23.6. The van der Waals surface area contributed by atoms with Gasteiger partial charge in [0, 0.05) is 38.5 Å². The van der Waals surface area contributed by atoms with Crippen molar-refractivity contribution >= 4 is 64.6 Å². The Morgan fingerprint density at radius 2 is 0.596 bits per heavy atom. The summed E-state index contributed by atoms with van der Waals surface area (Å²) in [6, 6.07) is 34.6. The Morgan fingerprint density at radius 3 is 0.929 bits per heavy atom. The maximum absolute atomic E-state index is 12.7. The van der Waals surface area contributed by atoms with Crippen LogP contribution in [0.1, 0.15) is 360 Å². The monoisotopic (exact) mass is 1950 g/mol. The standard InChI is InChI=1S/C40H60N2O8.C35H53NO4.C28H36N2O6.C10H9N3O2/c1-37(2,3)27-21-25(22-28(33(27)45)38(4,5)6)13-15-31(43)49-19-17-41-35(47)36(48)42-18-20-50-32(44)16-14-26-23-29(39(7,8)9)34(46)30(24-26)40(10,11)12;1-32(2,3)25-17-22(18-26(30(25)39)33(4,5)6)13-15-24(37)21-36-29(38)16-14-23-19-27(34(7,8)9)31(40)28(20-23)35(10,11)12;31-21(19-30-28(36)23-15-10-12-17-25(23)33)13-7-5-3-1-2-4-6-8-18-27(35)29-20-26(34)22-14-9-11-16-24(22)32;14-8-4-2-1-3-7(8)9(15)5-10-11-6-12-13-10/h21-24,45-46H,13-20H2,1-12H3,(H,41,47)(H,42,48);17-20,39-40H,13-16,21H2,1-12H3,(H,36,38);9-12,14-17,32-33H,1-8,13,18-20H2,(H,29,35)(H,30,36);1-4,6,14H,5H2,(H,11,12,13). The highest BCUT2D eigenvalue weighted by Crippen LogP contribution is 2.45. The molecule has 8 aromatic rings. The van der Waals surface area contributed by atoms with Gasteiger partial charge in [0.25, 0.3) is 5.91 Å². The summed E-state index contributed by atoms with van der Waals surface area (Å²) in [7, 11) is 0. The number of carbonyl (C=O) groups excluding carboxylic acids is 11. The molecule has 0 aliphatic rings. The number of aromatic nitrogens is 3. The SMILES string of the molecule is CC(C)(C)c1cc(CCC(=O)CNC(=O)CCc2cc(C(C)(C)C)c(O)c(C(C)(C)C)c2)cc(C(C)(C)C)c1O.CC(C)(C)c1cc(CCC(=O)OCCNC(=O)C(=O)NCCOC(=O)CCc2cc(C(C)(C)C)c(O)c(C(C)(C)C)c2)cc(C(C)(C)C)c1O.O=C(CCCCCCCCCCC(=O)NCC(=O)c1ccccc1O)CNC(=O)c1ccccc1O.O=C(Cc1ncn[nH]1)c1ccccc1O. The molecule has 28 heteroatoms. The Balaban J connectivity index is 0.000000349. The summed E-state index contributed by atoms with van der Waals surface area (Å²) >= 11 is 0. The molecular weight excluding hydrogens is 1790 g/mol. The van der Waals surface area contributed by atoms with Gasteiger partial charge in [-0.15, -0.1) is 0 Å². The molecular formula is C113H158N8O20. The van der Waals surface area contributed by atoms with E-state index in [1.54, 1.807) is 42.5 Å². The Bertz CT molecular complexity index is 5120. The molecule has 13 N–H and O–H groups in total. The van der Waals surface area contributed by atoms with Crippen LogP contribution in [0.4, 0.5) is 0 Å². The molecule has 5 amide bonds. The van der Waals surface area contributed by atoms with Gasteiger partial charge in [0.15, 0.2) is 23.1 Å². The van der Waals surface area contributed by atoms with Crippen molar-refractivity contribution in [3.63, 3.8) is 0 Å². The van der Waals surface area contributed by atoms with Crippen LogP contribution in [0.3, 0.4) is 0 Å². The van der Waals surface area contributed by atoms with Crippen LogP contribution in [0.25, 0.3) is 0 Å². The zero-order chi connectivity index (χ0) is 106. The number of ketones is 4. The summed E-state index contributed by atoms with van der Waals surface area (Å²) in [5.41, 5.74) is 9.32. The number of aromatic amines is 1. The molecule has 141 heavy (non-hydrogen) atoms. The number of H-pyrrole nitrogens is 1. The fourth-order valence-corrected chi connectivity index (χ4v) is 15.3. The van der Waals surface area contributed by atoms with E-state index in [9.17, 15) is 88.5 Å². The number of ether oxygens (including phenoxy) is 2. The lowest BCUT2D eigenvalue weighted by Crippen LogP contribution is -2.42. The molecule has 0 saturated heterocycles. The van der Waals surface area contributed by atoms with Crippen LogP contribution in [-0.2, 0) is 123 Å². The maximum atomic E-state index is 12.7. The van der Waals surface area contributed by atoms with Gasteiger partial charge in [-0.1, -0.05) is 290 Å². The smallest absolute Gasteiger partial charge is 0.309 e. The summed E-state index contributed by atoms with van der Waals surface area (Å²) in [6.45, 7) is 48.8. The number of esters is 2. The van der Waals surface area contributed by atoms with Crippen molar-refractivity contribution < 1.29 is 98.0 Å². The van der Waals surface area contributed by atoms with Crippen LogP contribution in [-0.4, -0.2) is 161 Å². The topological polar surface area (TPSA) is 450 Å². The van der Waals surface area contributed by atoms with Crippen LogP contribution in [0, 0.1) is 0 Å². The lowest BCUT2D eigenvalue weighted by Gasteiger charge is -2.28. The first-order valence-electron chi connectivity index (χ1n) is 48.9. The number of aryl methyl sites for hydroxylation is 4. The van der Waals surface area contributed by atoms with Crippen LogP contribution < -0.4 is 26.6 Å². The summed E-state index contributed by atoms with van der Waals surface area (Å²) in [6.07, 6.45) is 12.7.